The topological polar surface area (TPSA) is 101 Å². The van der Waals surface area contributed by atoms with E-state index >= 15 is 0 Å². The van der Waals surface area contributed by atoms with E-state index in [2.05, 4.69) is 4.72 Å². The highest BCUT2D eigenvalue weighted by Crippen LogP contribution is 2.27. The zero-order valence-electron chi connectivity index (χ0n) is 11.6. The molecular formula is C14H17NO5S. The molecule has 0 saturated heterocycles. The van der Waals surface area contributed by atoms with Crippen molar-refractivity contribution in [2.24, 2.45) is 5.92 Å². The van der Waals surface area contributed by atoms with Gasteiger partial charge in [0.25, 0.3) is 0 Å². The van der Waals surface area contributed by atoms with Crippen molar-refractivity contribution in [1.29, 1.82) is 0 Å². The summed E-state index contributed by atoms with van der Waals surface area (Å²) in [5, 5.41) is 8.92. The number of ketones is 1. The van der Waals surface area contributed by atoms with Crippen molar-refractivity contribution in [3.63, 3.8) is 0 Å². The summed E-state index contributed by atoms with van der Waals surface area (Å²) < 4.78 is 26.9. The second kappa shape index (κ2) is 5.95. The summed E-state index contributed by atoms with van der Waals surface area (Å²) in [6.45, 7) is 1.41. The Morgan fingerprint density at radius 2 is 1.81 bits per heavy atom. The molecule has 1 fully saturated rings. The van der Waals surface area contributed by atoms with Crippen LogP contribution in [0.2, 0.25) is 0 Å². The lowest BCUT2D eigenvalue weighted by Gasteiger charge is -2.13. The molecule has 0 aliphatic heterocycles. The van der Waals surface area contributed by atoms with E-state index < -0.39 is 21.9 Å². The summed E-state index contributed by atoms with van der Waals surface area (Å²) in [6.07, 6.45) is 1.30. The molecule has 0 radical (unpaired) electrons. The van der Waals surface area contributed by atoms with Crippen LogP contribution in [0, 0.1) is 5.92 Å². The zero-order chi connectivity index (χ0) is 15.6. The van der Waals surface area contributed by atoms with Crippen LogP contribution >= 0.6 is 0 Å². The van der Waals surface area contributed by atoms with Gasteiger partial charge in [0, 0.05) is 11.6 Å². The first kappa shape index (κ1) is 15.7. The summed E-state index contributed by atoms with van der Waals surface area (Å²) in [4.78, 5) is 22.1. The molecule has 2 atom stereocenters. The first-order valence-corrected chi connectivity index (χ1v) is 8.14. The van der Waals surface area contributed by atoms with Crippen LogP contribution in [0.25, 0.3) is 0 Å². The van der Waals surface area contributed by atoms with Crippen LogP contribution in [0.5, 0.6) is 0 Å². The molecule has 0 aromatic heterocycles. The third-order valence-electron chi connectivity index (χ3n) is 3.67. The molecule has 0 spiro atoms. The molecule has 6 nitrogen and oxygen atoms in total. The Labute approximate surface area is 123 Å². The highest BCUT2D eigenvalue weighted by Gasteiger charge is 2.32. The van der Waals surface area contributed by atoms with Gasteiger partial charge in [0.2, 0.25) is 10.0 Å². The number of carbonyl (C=O) groups excluding carboxylic acids is 1. The molecular weight excluding hydrogens is 294 g/mol. The minimum Gasteiger partial charge on any atom is -0.481 e. The quantitative estimate of drug-likeness (QED) is 0.801. The minimum atomic E-state index is -3.69. The smallest absolute Gasteiger partial charge is 0.306 e. The maximum Gasteiger partial charge on any atom is 0.306 e. The minimum absolute atomic E-state index is 0.0753. The second-order valence-corrected chi connectivity index (χ2v) is 6.96. The number of nitrogens with one attached hydrogen (secondary N) is 1. The normalized spacial score (nSPS) is 22.1. The Morgan fingerprint density at radius 3 is 2.29 bits per heavy atom. The van der Waals surface area contributed by atoms with Crippen LogP contribution in [-0.2, 0) is 14.8 Å². The van der Waals surface area contributed by atoms with Gasteiger partial charge in [-0.15, -0.1) is 0 Å². The number of carboxylic acids is 1. The number of benzene rings is 1. The van der Waals surface area contributed by atoms with Gasteiger partial charge in [0.05, 0.1) is 10.8 Å². The van der Waals surface area contributed by atoms with Gasteiger partial charge >= 0.3 is 5.97 Å². The van der Waals surface area contributed by atoms with Crippen LogP contribution in [0.3, 0.4) is 0 Å². The fraction of sp³-hybridized carbons (Fsp3) is 0.429. The van der Waals surface area contributed by atoms with Crippen molar-refractivity contribution < 1.29 is 23.1 Å². The van der Waals surface area contributed by atoms with Gasteiger partial charge < -0.3 is 5.11 Å². The lowest BCUT2D eigenvalue weighted by molar-refractivity contribution is -0.141. The molecule has 2 N–H and O–H groups in total. The number of hydrogen-bond donors (Lipinski definition) is 2. The van der Waals surface area contributed by atoms with Crippen molar-refractivity contribution in [2.75, 3.05) is 0 Å². The van der Waals surface area contributed by atoms with E-state index in [1.54, 1.807) is 0 Å². The van der Waals surface area contributed by atoms with E-state index in [0.29, 0.717) is 24.8 Å². The van der Waals surface area contributed by atoms with Crippen LogP contribution in [0.4, 0.5) is 0 Å². The Balaban J connectivity index is 2.08. The molecule has 0 bridgehead atoms. The number of hydrogen-bond acceptors (Lipinski definition) is 4. The van der Waals surface area contributed by atoms with E-state index in [1.165, 1.54) is 31.2 Å². The zero-order valence-corrected chi connectivity index (χ0v) is 12.4. The number of rotatable bonds is 5. The van der Waals surface area contributed by atoms with Gasteiger partial charge in [-0.05, 0) is 38.3 Å². The molecule has 2 rings (SSSR count). The molecule has 7 heteroatoms. The fourth-order valence-corrected chi connectivity index (χ4v) is 3.75. The number of aliphatic carboxylic acids is 1. The molecule has 1 aromatic carbocycles. The molecule has 1 aliphatic carbocycles. The van der Waals surface area contributed by atoms with Crippen LogP contribution in [-0.4, -0.2) is 31.3 Å². The van der Waals surface area contributed by atoms with E-state index in [0.717, 1.165) is 0 Å². The highest BCUT2D eigenvalue weighted by atomic mass is 32.2. The van der Waals surface area contributed by atoms with Crippen molar-refractivity contribution in [3.8, 4) is 0 Å². The van der Waals surface area contributed by atoms with E-state index in [9.17, 15) is 18.0 Å². The van der Waals surface area contributed by atoms with Crippen molar-refractivity contribution in [2.45, 2.75) is 37.1 Å². The largest absolute Gasteiger partial charge is 0.481 e. The van der Waals surface area contributed by atoms with E-state index in [-0.39, 0.29) is 16.7 Å². The monoisotopic (exact) mass is 311 g/mol. The molecule has 114 valence electrons. The van der Waals surface area contributed by atoms with Gasteiger partial charge in [0.1, 0.15) is 0 Å². The molecule has 1 aromatic rings. The Kier molecular flexibility index (Phi) is 4.43. The average Bonchev–Trinajstić information content (AvgIpc) is 2.87. The highest BCUT2D eigenvalue weighted by molar-refractivity contribution is 7.89. The second-order valence-electron chi connectivity index (χ2n) is 5.25. The summed E-state index contributed by atoms with van der Waals surface area (Å²) in [5.41, 5.74) is 0.445. The SMILES string of the molecule is CC(=O)c1ccc(S(=O)(=O)N[C@H]2CC[C@@H](C(=O)O)C2)cc1. The maximum atomic E-state index is 12.2. The van der Waals surface area contributed by atoms with Gasteiger partial charge in [-0.1, -0.05) is 12.1 Å². The summed E-state index contributed by atoms with van der Waals surface area (Å²) in [5.74, 6) is -1.51. The molecule has 0 heterocycles. The van der Waals surface area contributed by atoms with Crippen molar-refractivity contribution >= 4 is 21.8 Å². The average molecular weight is 311 g/mol. The number of carbonyl (C=O) groups is 2. The summed E-state index contributed by atoms with van der Waals surface area (Å²) in [7, 11) is -3.69. The van der Waals surface area contributed by atoms with E-state index in [4.69, 9.17) is 5.11 Å². The standard InChI is InChI=1S/C14H17NO5S/c1-9(16)10-3-6-13(7-4-10)21(19,20)15-12-5-2-11(8-12)14(17)18/h3-4,6-7,11-12,15H,2,5,8H2,1H3,(H,17,18)/t11-,12+/m1/s1. The number of carboxylic acid groups (broad SMARTS) is 1. The maximum absolute atomic E-state index is 12.2. The van der Waals surface area contributed by atoms with Gasteiger partial charge in [-0.3, -0.25) is 9.59 Å². The lowest BCUT2D eigenvalue weighted by Crippen LogP contribution is -2.33. The molecule has 0 unspecified atom stereocenters. The van der Waals surface area contributed by atoms with Crippen LogP contribution in [0.1, 0.15) is 36.5 Å². The molecule has 1 aliphatic rings. The van der Waals surface area contributed by atoms with Crippen molar-refractivity contribution in [1.82, 2.24) is 4.72 Å². The van der Waals surface area contributed by atoms with E-state index in [1.807, 2.05) is 0 Å². The lowest BCUT2D eigenvalue weighted by atomic mass is 10.1. The molecule has 1 saturated carbocycles. The van der Waals surface area contributed by atoms with Crippen LogP contribution < -0.4 is 4.72 Å². The van der Waals surface area contributed by atoms with Gasteiger partial charge in [-0.25, -0.2) is 13.1 Å². The van der Waals surface area contributed by atoms with Crippen LogP contribution in [0.15, 0.2) is 29.2 Å². The first-order valence-electron chi connectivity index (χ1n) is 6.66. The first-order chi connectivity index (χ1) is 9.79. The summed E-state index contributed by atoms with van der Waals surface area (Å²) in [6, 6.07) is 5.33. The molecule has 0 amide bonds. The fourth-order valence-electron chi connectivity index (χ4n) is 2.47. The third-order valence-corrected chi connectivity index (χ3v) is 5.21. The van der Waals surface area contributed by atoms with Crippen molar-refractivity contribution in [3.05, 3.63) is 29.8 Å². The third kappa shape index (κ3) is 3.68. The Bertz CT molecular complexity index is 650. The Hall–Kier alpha value is -1.73. The Morgan fingerprint density at radius 1 is 1.19 bits per heavy atom. The summed E-state index contributed by atoms with van der Waals surface area (Å²) >= 11 is 0. The number of Topliss-reactive ketones (excluding diaryl/α,β-unsaturated/α-hetero) is 1. The predicted octanol–water partition coefficient (Wildman–Crippen LogP) is 1.42. The predicted molar refractivity (Wildman–Crippen MR) is 75.5 cm³/mol. The molecule has 21 heavy (non-hydrogen) atoms. The van der Waals surface area contributed by atoms with Gasteiger partial charge in [-0.2, -0.15) is 0 Å². The number of sulfonamides is 1. The van der Waals surface area contributed by atoms with Gasteiger partial charge in [0.15, 0.2) is 5.78 Å².